The third kappa shape index (κ3) is 4.28. The second kappa shape index (κ2) is 6.33. The van der Waals surface area contributed by atoms with Crippen LogP contribution in [0.2, 0.25) is 0 Å². The molecular weight excluding hydrogens is 259 g/mol. The Bertz CT molecular complexity index is 455. The van der Waals surface area contributed by atoms with Gasteiger partial charge in [-0.1, -0.05) is 0 Å². The van der Waals surface area contributed by atoms with Gasteiger partial charge in [0, 0.05) is 30.3 Å². The molecule has 1 aromatic carbocycles. The molecule has 110 valence electrons. The van der Waals surface area contributed by atoms with Gasteiger partial charge in [0.1, 0.15) is 5.82 Å². The molecule has 2 N–H and O–H groups in total. The highest BCUT2D eigenvalue weighted by Gasteiger charge is 2.30. The van der Waals surface area contributed by atoms with Gasteiger partial charge in [0.05, 0.1) is 6.61 Å². The molecule has 0 spiro atoms. The van der Waals surface area contributed by atoms with Crippen LogP contribution >= 0.6 is 0 Å². The summed E-state index contributed by atoms with van der Waals surface area (Å²) in [5.41, 5.74) is 0.564. The Hall–Kier alpha value is -1.46. The Morgan fingerprint density at radius 1 is 1.45 bits per heavy atom. The molecule has 0 unspecified atom stereocenters. The number of carbonyl (C=O) groups excluding carboxylic acids is 1. The third-order valence-corrected chi connectivity index (χ3v) is 3.43. The van der Waals surface area contributed by atoms with Gasteiger partial charge in [-0.15, -0.1) is 0 Å². The van der Waals surface area contributed by atoms with Crippen molar-refractivity contribution in [2.75, 3.05) is 18.5 Å². The highest BCUT2D eigenvalue weighted by Crippen LogP contribution is 2.19. The van der Waals surface area contributed by atoms with Crippen LogP contribution in [0, 0.1) is 5.82 Å². The van der Waals surface area contributed by atoms with Crippen molar-refractivity contribution in [1.82, 2.24) is 5.32 Å². The molecule has 2 atom stereocenters. The van der Waals surface area contributed by atoms with Crippen LogP contribution in [-0.4, -0.2) is 30.7 Å². The van der Waals surface area contributed by atoms with Crippen molar-refractivity contribution in [2.24, 2.45) is 0 Å². The minimum absolute atomic E-state index is 0.0461. The molecule has 1 aromatic rings. The van der Waals surface area contributed by atoms with Crippen LogP contribution in [0.4, 0.5) is 10.1 Å². The number of anilines is 1. The average molecular weight is 280 g/mol. The number of rotatable bonds is 5. The smallest absolute Gasteiger partial charge is 0.225 e. The van der Waals surface area contributed by atoms with Crippen molar-refractivity contribution in [3.05, 3.63) is 30.1 Å². The summed E-state index contributed by atoms with van der Waals surface area (Å²) in [7, 11) is 0. The summed E-state index contributed by atoms with van der Waals surface area (Å²) in [6.45, 7) is 5.52. The molecule has 1 fully saturated rings. The first-order valence-corrected chi connectivity index (χ1v) is 6.88. The van der Waals surface area contributed by atoms with E-state index in [0.29, 0.717) is 18.7 Å². The van der Waals surface area contributed by atoms with Gasteiger partial charge < -0.3 is 15.4 Å². The molecular formula is C15H21FN2O2. The fourth-order valence-corrected chi connectivity index (χ4v) is 2.45. The van der Waals surface area contributed by atoms with E-state index in [0.717, 1.165) is 13.0 Å². The zero-order valence-electron chi connectivity index (χ0n) is 11.9. The predicted octanol–water partition coefficient (Wildman–Crippen LogP) is 2.31. The standard InChI is InChI=1S/C15H21FN2O2/c1-11(18-15(2)7-8-20-10-15)9-14(19)17-13-5-3-12(16)4-6-13/h3-6,11,18H,7-10H2,1-2H3,(H,17,19)/t11-,15+/m1/s1. The highest BCUT2D eigenvalue weighted by molar-refractivity contribution is 5.91. The minimum atomic E-state index is -0.313. The lowest BCUT2D eigenvalue weighted by atomic mass is 10.00. The molecule has 0 bridgehead atoms. The summed E-state index contributed by atoms with van der Waals surface area (Å²) >= 11 is 0. The van der Waals surface area contributed by atoms with Gasteiger partial charge in [0.25, 0.3) is 0 Å². The molecule has 4 nitrogen and oxygen atoms in total. The Labute approximate surface area is 118 Å². The van der Waals surface area contributed by atoms with Crippen LogP contribution in [0.1, 0.15) is 26.7 Å². The number of halogens is 1. The summed E-state index contributed by atoms with van der Waals surface area (Å²) in [5.74, 6) is -0.397. The molecule has 1 aliphatic heterocycles. The number of hydrogen-bond donors (Lipinski definition) is 2. The van der Waals surface area contributed by atoms with Gasteiger partial charge in [-0.25, -0.2) is 4.39 Å². The number of hydrogen-bond acceptors (Lipinski definition) is 3. The summed E-state index contributed by atoms with van der Waals surface area (Å²) in [4.78, 5) is 11.9. The van der Waals surface area contributed by atoms with Crippen LogP contribution in [0.15, 0.2) is 24.3 Å². The van der Waals surface area contributed by atoms with Crippen LogP contribution in [0.25, 0.3) is 0 Å². The highest BCUT2D eigenvalue weighted by atomic mass is 19.1. The van der Waals surface area contributed by atoms with Crippen molar-refractivity contribution in [1.29, 1.82) is 0 Å². The molecule has 0 aliphatic carbocycles. The number of carbonyl (C=O) groups is 1. The molecule has 0 radical (unpaired) electrons. The van der Waals surface area contributed by atoms with Gasteiger partial charge in [-0.05, 0) is 44.5 Å². The van der Waals surface area contributed by atoms with E-state index in [1.807, 2.05) is 6.92 Å². The predicted molar refractivity (Wildman–Crippen MR) is 76.1 cm³/mol. The van der Waals surface area contributed by atoms with Gasteiger partial charge in [0.2, 0.25) is 5.91 Å². The van der Waals surface area contributed by atoms with Gasteiger partial charge >= 0.3 is 0 Å². The van der Waals surface area contributed by atoms with Crippen LogP contribution in [0.5, 0.6) is 0 Å². The molecule has 0 saturated carbocycles. The zero-order valence-corrected chi connectivity index (χ0v) is 11.9. The van der Waals surface area contributed by atoms with E-state index < -0.39 is 0 Å². The molecule has 20 heavy (non-hydrogen) atoms. The lowest BCUT2D eigenvalue weighted by Crippen LogP contribution is -2.48. The Kier molecular flexibility index (Phi) is 4.73. The summed E-state index contributed by atoms with van der Waals surface area (Å²) < 4.78 is 18.1. The quantitative estimate of drug-likeness (QED) is 0.870. The Morgan fingerprint density at radius 3 is 2.75 bits per heavy atom. The lowest BCUT2D eigenvalue weighted by molar-refractivity contribution is -0.116. The maximum atomic E-state index is 12.8. The fraction of sp³-hybridized carbons (Fsp3) is 0.533. The maximum Gasteiger partial charge on any atom is 0.225 e. The molecule has 1 heterocycles. The Balaban J connectivity index is 1.80. The van der Waals surface area contributed by atoms with E-state index in [2.05, 4.69) is 17.6 Å². The summed E-state index contributed by atoms with van der Waals surface area (Å²) in [6.07, 6.45) is 1.32. The van der Waals surface area contributed by atoms with E-state index >= 15 is 0 Å². The van der Waals surface area contributed by atoms with Crippen molar-refractivity contribution in [3.8, 4) is 0 Å². The molecule has 1 amide bonds. The second-order valence-corrected chi connectivity index (χ2v) is 5.67. The molecule has 1 saturated heterocycles. The summed E-state index contributed by atoms with van der Waals surface area (Å²) in [5, 5.41) is 6.20. The molecule has 2 rings (SSSR count). The minimum Gasteiger partial charge on any atom is -0.379 e. The van der Waals surface area contributed by atoms with E-state index in [4.69, 9.17) is 4.74 Å². The zero-order chi connectivity index (χ0) is 14.6. The Morgan fingerprint density at radius 2 is 2.15 bits per heavy atom. The fourth-order valence-electron chi connectivity index (χ4n) is 2.45. The maximum absolute atomic E-state index is 12.8. The van der Waals surface area contributed by atoms with Crippen LogP contribution in [0.3, 0.4) is 0 Å². The first-order valence-electron chi connectivity index (χ1n) is 6.88. The van der Waals surface area contributed by atoms with Crippen molar-refractivity contribution < 1.29 is 13.9 Å². The van der Waals surface area contributed by atoms with Crippen LogP contribution < -0.4 is 10.6 Å². The third-order valence-electron chi connectivity index (χ3n) is 3.43. The average Bonchev–Trinajstić information content (AvgIpc) is 2.78. The largest absolute Gasteiger partial charge is 0.379 e. The SMILES string of the molecule is C[C@H](CC(=O)Nc1ccc(F)cc1)N[C@@]1(C)CCOC1. The van der Waals surface area contributed by atoms with Gasteiger partial charge in [-0.2, -0.15) is 0 Å². The number of benzene rings is 1. The molecule has 5 heteroatoms. The van der Waals surface area contributed by atoms with Crippen molar-refractivity contribution >= 4 is 11.6 Å². The normalized spacial score (nSPS) is 23.6. The second-order valence-electron chi connectivity index (χ2n) is 5.67. The summed E-state index contributed by atoms with van der Waals surface area (Å²) in [6, 6.07) is 5.82. The number of amides is 1. The lowest BCUT2D eigenvalue weighted by Gasteiger charge is -2.28. The van der Waals surface area contributed by atoms with Crippen molar-refractivity contribution in [2.45, 2.75) is 38.3 Å². The number of nitrogens with one attached hydrogen (secondary N) is 2. The van der Waals surface area contributed by atoms with E-state index in [9.17, 15) is 9.18 Å². The van der Waals surface area contributed by atoms with E-state index in [-0.39, 0.29) is 23.3 Å². The first kappa shape index (κ1) is 14.9. The molecule has 1 aliphatic rings. The van der Waals surface area contributed by atoms with E-state index in [1.54, 1.807) is 12.1 Å². The first-order chi connectivity index (χ1) is 9.47. The van der Waals surface area contributed by atoms with Crippen molar-refractivity contribution in [3.63, 3.8) is 0 Å². The monoisotopic (exact) mass is 280 g/mol. The van der Waals surface area contributed by atoms with Gasteiger partial charge in [-0.3, -0.25) is 4.79 Å². The van der Waals surface area contributed by atoms with E-state index in [1.165, 1.54) is 12.1 Å². The number of ether oxygens (including phenoxy) is 1. The molecule has 0 aromatic heterocycles. The topological polar surface area (TPSA) is 50.4 Å². The van der Waals surface area contributed by atoms with Gasteiger partial charge in [0.15, 0.2) is 0 Å². The van der Waals surface area contributed by atoms with Crippen LogP contribution in [-0.2, 0) is 9.53 Å².